The van der Waals surface area contributed by atoms with Gasteiger partial charge in [-0.1, -0.05) is 29.3 Å². The van der Waals surface area contributed by atoms with Gasteiger partial charge in [-0.15, -0.1) is 0 Å². The summed E-state index contributed by atoms with van der Waals surface area (Å²) in [6, 6.07) is 5.40. The number of nitrogens with one attached hydrogen (secondary N) is 1. The summed E-state index contributed by atoms with van der Waals surface area (Å²) in [5.74, 6) is 0.117. The van der Waals surface area contributed by atoms with Crippen molar-refractivity contribution >= 4 is 35.0 Å². The minimum absolute atomic E-state index is 0.0541. The summed E-state index contributed by atoms with van der Waals surface area (Å²) >= 11 is 11.9. The second-order valence-corrected chi connectivity index (χ2v) is 7.32. The highest BCUT2D eigenvalue weighted by Crippen LogP contribution is 2.23. The number of hydrogen-bond acceptors (Lipinski definition) is 4. The predicted molar refractivity (Wildman–Crippen MR) is 104 cm³/mol. The fraction of sp³-hybridized carbons (Fsp3) is 0.556. The highest BCUT2D eigenvalue weighted by Gasteiger charge is 2.21. The smallest absolute Gasteiger partial charge is 0.236 e. The Morgan fingerprint density at radius 2 is 1.69 bits per heavy atom. The highest BCUT2D eigenvalue weighted by atomic mass is 35.5. The number of hydrogen-bond donors (Lipinski definition) is 1. The summed E-state index contributed by atoms with van der Waals surface area (Å²) in [5, 5.41) is 3.81. The van der Waals surface area contributed by atoms with Gasteiger partial charge in [0.05, 0.1) is 23.1 Å². The zero-order valence-electron chi connectivity index (χ0n) is 15.3. The molecule has 26 heavy (non-hydrogen) atoms. The minimum atomic E-state index is 0.0541. The first-order valence-corrected chi connectivity index (χ1v) is 9.54. The van der Waals surface area contributed by atoms with Crippen LogP contribution in [0, 0.1) is 0 Å². The Hall–Kier alpha value is -1.34. The van der Waals surface area contributed by atoms with Gasteiger partial charge in [0, 0.05) is 46.3 Å². The van der Waals surface area contributed by atoms with Crippen LogP contribution >= 0.6 is 23.2 Å². The van der Waals surface area contributed by atoms with Crippen molar-refractivity contribution in [1.29, 1.82) is 0 Å². The van der Waals surface area contributed by atoms with Crippen LogP contribution in [0.2, 0.25) is 10.0 Å². The molecule has 1 saturated heterocycles. The average Bonchev–Trinajstić information content (AvgIpc) is 2.60. The van der Waals surface area contributed by atoms with Crippen molar-refractivity contribution in [2.75, 3.05) is 52.9 Å². The molecule has 2 amide bonds. The fourth-order valence-corrected chi connectivity index (χ4v) is 3.19. The first kappa shape index (κ1) is 21.0. The lowest BCUT2D eigenvalue weighted by Gasteiger charge is -2.34. The molecule has 0 aliphatic carbocycles. The molecule has 1 N–H and O–H groups in total. The van der Waals surface area contributed by atoms with E-state index in [1.54, 1.807) is 24.1 Å². The van der Waals surface area contributed by atoms with Gasteiger partial charge in [-0.25, -0.2) is 0 Å². The molecule has 0 radical (unpaired) electrons. The summed E-state index contributed by atoms with van der Waals surface area (Å²) in [6.07, 6.45) is 0. The molecule has 1 heterocycles. The van der Waals surface area contributed by atoms with E-state index in [1.807, 2.05) is 13.0 Å². The van der Waals surface area contributed by atoms with Gasteiger partial charge in [0.25, 0.3) is 0 Å². The average molecular weight is 401 g/mol. The number of piperazine rings is 1. The van der Waals surface area contributed by atoms with Crippen LogP contribution in [-0.4, -0.2) is 79.4 Å². The van der Waals surface area contributed by atoms with Gasteiger partial charge in [0.2, 0.25) is 11.8 Å². The van der Waals surface area contributed by atoms with E-state index in [2.05, 4.69) is 15.1 Å². The van der Waals surface area contributed by atoms with E-state index in [0.29, 0.717) is 36.2 Å². The molecule has 0 unspecified atom stereocenters. The van der Waals surface area contributed by atoms with E-state index in [-0.39, 0.29) is 11.8 Å². The second kappa shape index (κ2) is 10.1. The number of amides is 2. The van der Waals surface area contributed by atoms with Crippen molar-refractivity contribution in [2.45, 2.75) is 13.5 Å². The molecule has 144 valence electrons. The Morgan fingerprint density at radius 1 is 1.08 bits per heavy atom. The maximum atomic E-state index is 12.5. The minimum Gasteiger partial charge on any atom is -0.355 e. The number of benzene rings is 1. The normalized spacial score (nSPS) is 15.7. The van der Waals surface area contributed by atoms with E-state index in [9.17, 15) is 9.59 Å². The third-order valence-corrected chi connectivity index (χ3v) is 5.13. The first-order chi connectivity index (χ1) is 12.4. The molecule has 0 bridgehead atoms. The molecule has 1 aromatic rings. The van der Waals surface area contributed by atoms with Crippen molar-refractivity contribution in [3.63, 3.8) is 0 Å². The quantitative estimate of drug-likeness (QED) is 0.756. The topological polar surface area (TPSA) is 55.9 Å². The lowest BCUT2D eigenvalue weighted by molar-refractivity contribution is -0.132. The molecule has 1 aliphatic heterocycles. The van der Waals surface area contributed by atoms with Crippen molar-refractivity contribution in [3.8, 4) is 0 Å². The number of rotatable bonds is 7. The zero-order valence-corrected chi connectivity index (χ0v) is 16.8. The third kappa shape index (κ3) is 6.43. The molecule has 1 aliphatic rings. The lowest BCUT2D eigenvalue weighted by Crippen LogP contribution is -2.51. The van der Waals surface area contributed by atoms with Gasteiger partial charge >= 0.3 is 0 Å². The Labute approximate surface area is 165 Å². The number of nitrogens with zero attached hydrogens (tertiary/aromatic N) is 3. The van der Waals surface area contributed by atoms with Gasteiger partial charge in [0.1, 0.15) is 0 Å². The van der Waals surface area contributed by atoms with Gasteiger partial charge in [-0.3, -0.25) is 19.4 Å². The largest absolute Gasteiger partial charge is 0.355 e. The van der Waals surface area contributed by atoms with Crippen molar-refractivity contribution in [1.82, 2.24) is 20.0 Å². The predicted octanol–water partition coefficient (Wildman–Crippen LogP) is 1.71. The molecule has 1 aromatic carbocycles. The second-order valence-electron chi connectivity index (χ2n) is 6.50. The lowest BCUT2D eigenvalue weighted by atomic mass is 10.2. The summed E-state index contributed by atoms with van der Waals surface area (Å²) in [7, 11) is 1.79. The third-order valence-electron chi connectivity index (χ3n) is 4.39. The first-order valence-electron chi connectivity index (χ1n) is 8.78. The molecule has 1 fully saturated rings. The van der Waals surface area contributed by atoms with Gasteiger partial charge in [-0.2, -0.15) is 0 Å². The fourth-order valence-electron chi connectivity index (χ4n) is 2.87. The van der Waals surface area contributed by atoms with Crippen molar-refractivity contribution < 1.29 is 9.59 Å². The van der Waals surface area contributed by atoms with Crippen molar-refractivity contribution in [2.24, 2.45) is 0 Å². The molecule has 0 saturated carbocycles. The van der Waals surface area contributed by atoms with Crippen molar-refractivity contribution in [3.05, 3.63) is 33.8 Å². The SMILES string of the molecule is CCNC(=O)CN1CCN(CC(=O)N(C)Cc2ccc(Cl)c(Cl)c2)CC1. The maximum Gasteiger partial charge on any atom is 0.236 e. The molecule has 2 rings (SSSR count). The highest BCUT2D eigenvalue weighted by molar-refractivity contribution is 6.42. The summed E-state index contributed by atoms with van der Waals surface area (Å²) in [6.45, 7) is 7.01. The Balaban J connectivity index is 1.75. The number of carbonyl (C=O) groups is 2. The van der Waals surface area contributed by atoms with Crippen LogP contribution in [0.3, 0.4) is 0 Å². The number of likely N-dealkylation sites (N-methyl/N-ethyl adjacent to an activating group) is 2. The molecule has 8 heteroatoms. The monoisotopic (exact) mass is 400 g/mol. The summed E-state index contributed by atoms with van der Waals surface area (Å²) < 4.78 is 0. The molecular formula is C18H26Cl2N4O2. The summed E-state index contributed by atoms with van der Waals surface area (Å²) in [5.41, 5.74) is 0.946. The summed E-state index contributed by atoms with van der Waals surface area (Å²) in [4.78, 5) is 30.0. The van der Waals surface area contributed by atoms with Crippen LogP contribution in [0.1, 0.15) is 12.5 Å². The Morgan fingerprint density at radius 3 is 2.27 bits per heavy atom. The van der Waals surface area contributed by atoms with E-state index < -0.39 is 0 Å². The molecule has 0 atom stereocenters. The molecule has 6 nitrogen and oxygen atoms in total. The number of halogens is 2. The van der Waals surface area contributed by atoms with Gasteiger partial charge < -0.3 is 10.2 Å². The Kier molecular flexibility index (Phi) is 8.15. The van der Waals surface area contributed by atoms with E-state index in [1.165, 1.54) is 0 Å². The molecule has 0 aromatic heterocycles. The van der Waals surface area contributed by atoms with Gasteiger partial charge in [0.15, 0.2) is 0 Å². The van der Waals surface area contributed by atoms with Crippen LogP contribution in [0.4, 0.5) is 0 Å². The van der Waals surface area contributed by atoms with E-state index >= 15 is 0 Å². The maximum absolute atomic E-state index is 12.5. The van der Waals surface area contributed by atoms with Crippen LogP contribution < -0.4 is 5.32 Å². The zero-order chi connectivity index (χ0) is 19.1. The van der Waals surface area contributed by atoms with E-state index in [4.69, 9.17) is 23.2 Å². The standard InChI is InChI=1S/C18H26Cl2N4O2/c1-3-21-17(25)12-23-6-8-24(9-7-23)13-18(26)22(2)11-14-4-5-15(19)16(20)10-14/h4-5,10H,3,6-9,11-13H2,1-2H3,(H,21,25). The molecular weight excluding hydrogens is 375 g/mol. The Bertz CT molecular complexity index is 634. The van der Waals surface area contributed by atoms with Crippen LogP contribution in [-0.2, 0) is 16.1 Å². The van der Waals surface area contributed by atoms with Crippen LogP contribution in [0.15, 0.2) is 18.2 Å². The van der Waals surface area contributed by atoms with E-state index in [0.717, 1.165) is 31.7 Å². The van der Waals surface area contributed by atoms with Crippen LogP contribution in [0.5, 0.6) is 0 Å². The van der Waals surface area contributed by atoms with Crippen LogP contribution in [0.25, 0.3) is 0 Å². The number of carbonyl (C=O) groups excluding carboxylic acids is 2. The molecule has 0 spiro atoms. The van der Waals surface area contributed by atoms with Gasteiger partial charge in [-0.05, 0) is 24.6 Å².